The Labute approximate surface area is 90.6 Å². The SMILES string of the molecule is CCCc1cc(OC)c(OC)cc1CO. The number of aryl methyl sites for hydroxylation is 1. The summed E-state index contributed by atoms with van der Waals surface area (Å²) in [6.45, 7) is 2.15. The fraction of sp³-hybridized carbons (Fsp3) is 0.500. The number of aliphatic hydroxyl groups is 1. The maximum atomic E-state index is 9.23. The Hall–Kier alpha value is -1.22. The molecule has 0 aliphatic carbocycles. The minimum Gasteiger partial charge on any atom is -0.493 e. The van der Waals surface area contributed by atoms with E-state index in [1.807, 2.05) is 12.1 Å². The highest BCUT2D eigenvalue weighted by Crippen LogP contribution is 2.31. The maximum Gasteiger partial charge on any atom is 0.161 e. The molecule has 84 valence electrons. The predicted octanol–water partition coefficient (Wildman–Crippen LogP) is 2.15. The lowest BCUT2D eigenvalue weighted by Crippen LogP contribution is -1.98. The van der Waals surface area contributed by atoms with Crippen molar-refractivity contribution in [1.29, 1.82) is 0 Å². The summed E-state index contributed by atoms with van der Waals surface area (Å²) >= 11 is 0. The lowest BCUT2D eigenvalue weighted by Gasteiger charge is -2.13. The van der Waals surface area contributed by atoms with Crippen LogP contribution in [0.1, 0.15) is 24.5 Å². The maximum absolute atomic E-state index is 9.23. The van der Waals surface area contributed by atoms with Gasteiger partial charge in [0.2, 0.25) is 0 Å². The first-order valence-electron chi connectivity index (χ1n) is 5.11. The molecule has 0 saturated heterocycles. The highest BCUT2D eigenvalue weighted by Gasteiger charge is 2.09. The van der Waals surface area contributed by atoms with Crippen LogP contribution in [-0.2, 0) is 13.0 Å². The zero-order valence-corrected chi connectivity index (χ0v) is 9.54. The Kier molecular flexibility index (Phi) is 4.43. The van der Waals surface area contributed by atoms with Gasteiger partial charge in [-0.3, -0.25) is 0 Å². The van der Waals surface area contributed by atoms with Crippen LogP contribution in [0.25, 0.3) is 0 Å². The molecule has 0 aliphatic rings. The summed E-state index contributed by atoms with van der Waals surface area (Å²) in [5, 5.41) is 9.23. The zero-order valence-electron chi connectivity index (χ0n) is 9.54. The van der Waals surface area contributed by atoms with Gasteiger partial charge in [-0.05, 0) is 29.7 Å². The molecule has 0 heterocycles. The van der Waals surface area contributed by atoms with Crippen LogP contribution in [0.5, 0.6) is 11.5 Å². The van der Waals surface area contributed by atoms with Crippen molar-refractivity contribution in [3.05, 3.63) is 23.3 Å². The third-order valence-electron chi connectivity index (χ3n) is 2.40. The van der Waals surface area contributed by atoms with Crippen molar-refractivity contribution in [1.82, 2.24) is 0 Å². The molecule has 0 amide bonds. The van der Waals surface area contributed by atoms with Crippen LogP contribution in [0.4, 0.5) is 0 Å². The molecule has 3 nitrogen and oxygen atoms in total. The molecule has 0 atom stereocenters. The smallest absolute Gasteiger partial charge is 0.161 e. The van der Waals surface area contributed by atoms with Crippen molar-refractivity contribution >= 4 is 0 Å². The van der Waals surface area contributed by atoms with Crippen molar-refractivity contribution in [2.24, 2.45) is 0 Å². The van der Waals surface area contributed by atoms with Gasteiger partial charge in [0.05, 0.1) is 20.8 Å². The summed E-state index contributed by atoms with van der Waals surface area (Å²) in [6.07, 6.45) is 1.98. The van der Waals surface area contributed by atoms with E-state index < -0.39 is 0 Å². The number of benzene rings is 1. The molecule has 15 heavy (non-hydrogen) atoms. The molecule has 0 fully saturated rings. The van der Waals surface area contributed by atoms with Gasteiger partial charge in [0, 0.05) is 0 Å². The van der Waals surface area contributed by atoms with Crippen LogP contribution >= 0.6 is 0 Å². The second kappa shape index (κ2) is 5.61. The average Bonchev–Trinajstić information content (AvgIpc) is 2.28. The third kappa shape index (κ3) is 2.63. The van der Waals surface area contributed by atoms with Crippen LogP contribution < -0.4 is 9.47 Å². The Balaban J connectivity index is 3.15. The molecule has 1 aromatic rings. The molecule has 3 heteroatoms. The van der Waals surface area contributed by atoms with Crippen LogP contribution in [0.2, 0.25) is 0 Å². The summed E-state index contributed by atoms with van der Waals surface area (Å²) in [7, 11) is 3.21. The van der Waals surface area contributed by atoms with Gasteiger partial charge in [0.15, 0.2) is 11.5 Å². The van der Waals surface area contributed by atoms with Crippen LogP contribution in [0, 0.1) is 0 Å². The van der Waals surface area contributed by atoms with E-state index in [-0.39, 0.29) is 6.61 Å². The monoisotopic (exact) mass is 210 g/mol. The second-order valence-corrected chi connectivity index (χ2v) is 3.38. The van der Waals surface area contributed by atoms with Crippen LogP contribution in [0.15, 0.2) is 12.1 Å². The van der Waals surface area contributed by atoms with Gasteiger partial charge in [-0.25, -0.2) is 0 Å². The summed E-state index contributed by atoms with van der Waals surface area (Å²) in [5.41, 5.74) is 2.03. The number of hydrogen-bond acceptors (Lipinski definition) is 3. The molecule has 1 rings (SSSR count). The first-order valence-corrected chi connectivity index (χ1v) is 5.11. The number of aliphatic hydroxyl groups excluding tert-OH is 1. The fourth-order valence-electron chi connectivity index (χ4n) is 1.61. The third-order valence-corrected chi connectivity index (χ3v) is 2.40. The van der Waals surface area contributed by atoms with Gasteiger partial charge < -0.3 is 14.6 Å². The highest BCUT2D eigenvalue weighted by atomic mass is 16.5. The van der Waals surface area contributed by atoms with E-state index in [0.717, 1.165) is 29.7 Å². The summed E-state index contributed by atoms with van der Waals surface area (Å²) in [6, 6.07) is 3.78. The normalized spacial score (nSPS) is 10.1. The number of ether oxygens (including phenoxy) is 2. The lowest BCUT2D eigenvalue weighted by atomic mass is 10.0. The standard InChI is InChI=1S/C12H18O3/c1-4-5-9-6-11(14-2)12(15-3)7-10(9)8-13/h6-7,13H,4-5,8H2,1-3H3. The van der Waals surface area contributed by atoms with E-state index in [0.29, 0.717) is 5.75 Å². The van der Waals surface area contributed by atoms with Crippen molar-refractivity contribution in [2.45, 2.75) is 26.4 Å². The van der Waals surface area contributed by atoms with E-state index in [9.17, 15) is 5.11 Å². The Morgan fingerprint density at radius 1 is 1.07 bits per heavy atom. The Bertz CT molecular complexity index is 321. The van der Waals surface area contributed by atoms with E-state index in [1.165, 1.54) is 0 Å². The number of methoxy groups -OCH3 is 2. The Morgan fingerprint density at radius 2 is 1.60 bits per heavy atom. The highest BCUT2D eigenvalue weighted by molar-refractivity contribution is 5.47. The van der Waals surface area contributed by atoms with Crippen molar-refractivity contribution in [3.8, 4) is 11.5 Å². The van der Waals surface area contributed by atoms with Gasteiger partial charge in [-0.15, -0.1) is 0 Å². The molecule has 0 saturated carbocycles. The van der Waals surface area contributed by atoms with Gasteiger partial charge in [0.1, 0.15) is 0 Å². The molecule has 0 aromatic heterocycles. The molecule has 1 N–H and O–H groups in total. The molecule has 0 radical (unpaired) electrons. The second-order valence-electron chi connectivity index (χ2n) is 3.38. The molecule has 0 bridgehead atoms. The molecule has 0 aliphatic heterocycles. The summed E-state index contributed by atoms with van der Waals surface area (Å²) in [4.78, 5) is 0. The first-order chi connectivity index (χ1) is 7.26. The lowest BCUT2D eigenvalue weighted by molar-refractivity contribution is 0.278. The topological polar surface area (TPSA) is 38.7 Å². The molecule has 1 aromatic carbocycles. The molecule has 0 unspecified atom stereocenters. The predicted molar refractivity (Wildman–Crippen MR) is 59.5 cm³/mol. The summed E-state index contributed by atoms with van der Waals surface area (Å²) in [5.74, 6) is 1.39. The number of hydrogen-bond donors (Lipinski definition) is 1. The van der Waals surface area contributed by atoms with E-state index in [2.05, 4.69) is 6.92 Å². The largest absolute Gasteiger partial charge is 0.493 e. The van der Waals surface area contributed by atoms with Crippen molar-refractivity contribution in [3.63, 3.8) is 0 Å². The van der Waals surface area contributed by atoms with Gasteiger partial charge in [0.25, 0.3) is 0 Å². The zero-order chi connectivity index (χ0) is 11.3. The molecular weight excluding hydrogens is 192 g/mol. The Morgan fingerprint density at radius 3 is 2.00 bits per heavy atom. The molecular formula is C12H18O3. The van der Waals surface area contributed by atoms with Gasteiger partial charge in [-0.1, -0.05) is 13.3 Å². The average molecular weight is 210 g/mol. The first kappa shape index (κ1) is 11.9. The fourth-order valence-corrected chi connectivity index (χ4v) is 1.61. The number of rotatable bonds is 5. The van der Waals surface area contributed by atoms with Gasteiger partial charge >= 0.3 is 0 Å². The van der Waals surface area contributed by atoms with Crippen LogP contribution in [0.3, 0.4) is 0 Å². The van der Waals surface area contributed by atoms with E-state index in [4.69, 9.17) is 9.47 Å². The van der Waals surface area contributed by atoms with E-state index in [1.54, 1.807) is 14.2 Å². The molecule has 0 spiro atoms. The minimum absolute atomic E-state index is 0.0374. The van der Waals surface area contributed by atoms with Crippen LogP contribution in [-0.4, -0.2) is 19.3 Å². The minimum atomic E-state index is 0.0374. The van der Waals surface area contributed by atoms with Crippen molar-refractivity contribution in [2.75, 3.05) is 14.2 Å². The van der Waals surface area contributed by atoms with Gasteiger partial charge in [-0.2, -0.15) is 0 Å². The van der Waals surface area contributed by atoms with E-state index >= 15 is 0 Å². The van der Waals surface area contributed by atoms with Crippen molar-refractivity contribution < 1.29 is 14.6 Å². The quantitative estimate of drug-likeness (QED) is 0.809. The summed E-state index contributed by atoms with van der Waals surface area (Å²) < 4.78 is 10.4.